The summed E-state index contributed by atoms with van der Waals surface area (Å²) in [7, 11) is 3.87. The molecule has 0 aromatic heterocycles. The number of rotatable bonds is 5. The number of imide groups is 1. The summed E-state index contributed by atoms with van der Waals surface area (Å²) in [5, 5.41) is 2.94. The summed E-state index contributed by atoms with van der Waals surface area (Å²) in [5.74, 6) is -1.67. The Hall–Kier alpha value is -3.64. The van der Waals surface area contributed by atoms with Gasteiger partial charge in [-0.15, -0.1) is 0 Å². The Morgan fingerprint density at radius 1 is 0.903 bits per heavy atom. The van der Waals surface area contributed by atoms with Crippen molar-refractivity contribution in [1.82, 2.24) is 0 Å². The van der Waals surface area contributed by atoms with Gasteiger partial charge in [0.25, 0.3) is 11.8 Å². The Labute approximate surface area is 184 Å². The Kier molecular flexibility index (Phi) is 5.48. The molecule has 1 N–H and O–H groups in total. The zero-order valence-electron chi connectivity index (χ0n) is 16.9. The number of benzene rings is 3. The first-order valence-corrected chi connectivity index (χ1v) is 9.92. The van der Waals surface area contributed by atoms with Crippen LogP contribution in [0.5, 0.6) is 0 Å². The van der Waals surface area contributed by atoms with Gasteiger partial charge in [-0.2, -0.15) is 0 Å². The molecular weight excluding hydrogens is 417 g/mol. The molecule has 2 amide bonds. The van der Waals surface area contributed by atoms with Gasteiger partial charge in [0, 0.05) is 25.5 Å². The fourth-order valence-corrected chi connectivity index (χ4v) is 3.54. The Morgan fingerprint density at radius 3 is 2.19 bits per heavy atom. The Morgan fingerprint density at radius 2 is 1.58 bits per heavy atom. The van der Waals surface area contributed by atoms with Crippen molar-refractivity contribution in [2.75, 3.05) is 29.2 Å². The van der Waals surface area contributed by atoms with E-state index in [4.69, 9.17) is 11.6 Å². The van der Waals surface area contributed by atoms with Gasteiger partial charge in [0.1, 0.15) is 11.5 Å². The van der Waals surface area contributed by atoms with Crippen molar-refractivity contribution in [3.05, 3.63) is 94.9 Å². The average Bonchev–Trinajstić information content (AvgIpc) is 3.00. The van der Waals surface area contributed by atoms with E-state index < -0.39 is 17.6 Å². The smallest absolute Gasteiger partial charge is 0.282 e. The van der Waals surface area contributed by atoms with Crippen LogP contribution in [0, 0.1) is 5.82 Å². The van der Waals surface area contributed by atoms with Gasteiger partial charge in [-0.25, -0.2) is 9.29 Å². The highest BCUT2D eigenvalue weighted by molar-refractivity contribution is 6.46. The van der Waals surface area contributed by atoms with Crippen molar-refractivity contribution in [3.8, 4) is 0 Å². The molecule has 0 saturated carbocycles. The highest BCUT2D eigenvalue weighted by Gasteiger charge is 2.40. The second-order valence-electron chi connectivity index (χ2n) is 7.23. The molecule has 5 nitrogen and oxygen atoms in total. The van der Waals surface area contributed by atoms with Gasteiger partial charge in [-0.3, -0.25) is 9.59 Å². The van der Waals surface area contributed by atoms with E-state index in [0.29, 0.717) is 11.3 Å². The molecule has 0 fully saturated rings. The van der Waals surface area contributed by atoms with Gasteiger partial charge in [0.15, 0.2) is 0 Å². The summed E-state index contributed by atoms with van der Waals surface area (Å²) in [5.41, 5.74) is 2.85. The zero-order chi connectivity index (χ0) is 22.1. The summed E-state index contributed by atoms with van der Waals surface area (Å²) in [4.78, 5) is 29.6. The third-order valence-electron chi connectivity index (χ3n) is 4.96. The molecule has 3 aromatic carbocycles. The number of nitrogens with zero attached hydrogens (tertiary/aromatic N) is 2. The molecule has 7 heteroatoms. The second kappa shape index (κ2) is 8.24. The van der Waals surface area contributed by atoms with Crippen LogP contribution < -0.4 is 15.1 Å². The van der Waals surface area contributed by atoms with E-state index in [1.165, 1.54) is 12.1 Å². The maximum Gasteiger partial charge on any atom is 0.282 e. The Bertz CT molecular complexity index is 1190. The summed E-state index contributed by atoms with van der Waals surface area (Å²) in [6, 6.07) is 20.2. The molecular formula is C24H19ClFN3O2. The molecule has 0 spiro atoms. The molecule has 0 unspecified atom stereocenters. The van der Waals surface area contributed by atoms with Crippen LogP contribution in [0.25, 0.3) is 5.57 Å². The minimum Gasteiger partial charge on any atom is -0.378 e. The van der Waals surface area contributed by atoms with Gasteiger partial charge < -0.3 is 10.2 Å². The lowest BCUT2D eigenvalue weighted by Crippen LogP contribution is -2.32. The molecule has 0 radical (unpaired) electrons. The maximum absolute atomic E-state index is 13.6. The molecule has 1 aliphatic rings. The van der Waals surface area contributed by atoms with Crippen molar-refractivity contribution in [1.29, 1.82) is 0 Å². The Balaban J connectivity index is 1.77. The van der Waals surface area contributed by atoms with Gasteiger partial charge in [0.05, 0.1) is 16.3 Å². The van der Waals surface area contributed by atoms with Gasteiger partial charge >= 0.3 is 0 Å². The van der Waals surface area contributed by atoms with E-state index in [0.717, 1.165) is 16.7 Å². The number of hydrogen-bond donors (Lipinski definition) is 1. The number of halogens is 2. The van der Waals surface area contributed by atoms with E-state index in [9.17, 15) is 14.0 Å². The van der Waals surface area contributed by atoms with E-state index in [2.05, 4.69) is 5.32 Å². The molecule has 0 aliphatic carbocycles. The predicted molar refractivity (Wildman–Crippen MR) is 122 cm³/mol. The highest BCUT2D eigenvalue weighted by Crippen LogP contribution is 2.35. The SMILES string of the molecule is CN(C)c1ccc(NC2=C(c3ccccc3)C(=O)N(c3ccc(F)c(Cl)c3)C2=O)cc1. The standard InChI is InChI=1S/C24H19ClFN3O2/c1-28(2)17-10-8-16(9-11-17)27-22-21(15-6-4-3-5-7-15)23(30)29(24(22)31)18-12-13-20(26)19(25)14-18/h3-14,27H,1-2H3. The molecule has 1 aliphatic heterocycles. The normalized spacial score (nSPS) is 13.7. The summed E-state index contributed by atoms with van der Waals surface area (Å²) < 4.78 is 13.6. The lowest BCUT2D eigenvalue weighted by molar-refractivity contribution is -0.120. The maximum atomic E-state index is 13.6. The highest BCUT2D eigenvalue weighted by atomic mass is 35.5. The summed E-state index contributed by atoms with van der Waals surface area (Å²) >= 11 is 5.89. The largest absolute Gasteiger partial charge is 0.378 e. The minimum atomic E-state index is -0.625. The molecule has 3 aromatic rings. The minimum absolute atomic E-state index is 0.147. The third kappa shape index (κ3) is 3.90. The number of carbonyl (C=O) groups is 2. The predicted octanol–water partition coefficient (Wildman–Crippen LogP) is 4.94. The number of hydrogen-bond acceptors (Lipinski definition) is 4. The second-order valence-corrected chi connectivity index (χ2v) is 7.63. The van der Waals surface area contributed by atoms with Crippen molar-refractivity contribution < 1.29 is 14.0 Å². The van der Waals surface area contributed by atoms with Gasteiger partial charge in [0.2, 0.25) is 0 Å². The third-order valence-corrected chi connectivity index (χ3v) is 5.25. The first-order chi connectivity index (χ1) is 14.9. The molecule has 0 bridgehead atoms. The van der Waals surface area contributed by atoms with Crippen LogP contribution in [0.15, 0.2) is 78.5 Å². The van der Waals surface area contributed by atoms with Crippen LogP contribution >= 0.6 is 11.6 Å². The molecule has 4 rings (SSSR count). The van der Waals surface area contributed by atoms with Crippen LogP contribution in [0.1, 0.15) is 5.56 Å². The molecule has 156 valence electrons. The molecule has 31 heavy (non-hydrogen) atoms. The van der Waals surface area contributed by atoms with Crippen LogP contribution in [0.2, 0.25) is 5.02 Å². The van der Waals surface area contributed by atoms with Crippen LogP contribution in [0.4, 0.5) is 21.5 Å². The summed E-state index contributed by atoms with van der Waals surface area (Å²) in [6.07, 6.45) is 0. The van der Waals surface area contributed by atoms with Crippen LogP contribution in [-0.2, 0) is 9.59 Å². The number of nitrogens with one attached hydrogen (secondary N) is 1. The van der Waals surface area contributed by atoms with E-state index >= 15 is 0 Å². The quantitative estimate of drug-likeness (QED) is 0.577. The van der Waals surface area contributed by atoms with Crippen molar-refractivity contribution in [3.63, 3.8) is 0 Å². The topological polar surface area (TPSA) is 52.7 Å². The molecule has 0 atom stereocenters. The molecule has 1 heterocycles. The summed E-state index contributed by atoms with van der Waals surface area (Å²) in [6.45, 7) is 0. The van der Waals surface area contributed by atoms with Crippen molar-refractivity contribution >= 4 is 46.1 Å². The monoisotopic (exact) mass is 435 g/mol. The first-order valence-electron chi connectivity index (χ1n) is 9.55. The van der Waals surface area contributed by atoms with Crippen molar-refractivity contribution in [2.45, 2.75) is 0 Å². The van der Waals surface area contributed by atoms with E-state index in [1.54, 1.807) is 24.3 Å². The van der Waals surface area contributed by atoms with Crippen LogP contribution in [0.3, 0.4) is 0 Å². The van der Waals surface area contributed by atoms with Crippen molar-refractivity contribution in [2.24, 2.45) is 0 Å². The van der Waals surface area contributed by atoms with Crippen LogP contribution in [-0.4, -0.2) is 25.9 Å². The average molecular weight is 436 g/mol. The lowest BCUT2D eigenvalue weighted by Gasteiger charge is -2.16. The number of amides is 2. The van der Waals surface area contributed by atoms with Gasteiger partial charge in [-0.05, 0) is 48.0 Å². The lowest BCUT2D eigenvalue weighted by atomic mass is 10.0. The zero-order valence-corrected chi connectivity index (χ0v) is 17.7. The number of anilines is 3. The fourth-order valence-electron chi connectivity index (χ4n) is 3.36. The number of carbonyl (C=O) groups excluding carboxylic acids is 2. The first kappa shape index (κ1) is 20.6. The fraction of sp³-hybridized carbons (Fsp3) is 0.0833. The molecule has 0 saturated heterocycles. The van der Waals surface area contributed by atoms with E-state index in [1.807, 2.05) is 49.3 Å². The van der Waals surface area contributed by atoms with Gasteiger partial charge in [-0.1, -0.05) is 41.9 Å². The van der Waals surface area contributed by atoms with E-state index in [-0.39, 0.29) is 22.0 Å².